The van der Waals surface area contributed by atoms with Crippen LogP contribution in [0.5, 0.6) is 0 Å². The number of amides is 1. The van der Waals surface area contributed by atoms with E-state index in [1.807, 2.05) is 0 Å². The maximum absolute atomic E-state index is 11.1. The van der Waals surface area contributed by atoms with Crippen LogP contribution in [0.3, 0.4) is 0 Å². The largest absolute Gasteiger partial charge is 0.392 e. The van der Waals surface area contributed by atoms with Crippen molar-refractivity contribution in [3.05, 3.63) is 0 Å². The topological polar surface area (TPSA) is 63.3 Å². The predicted octanol–water partition coefficient (Wildman–Crippen LogP) is 1.29. The van der Waals surface area contributed by atoms with E-state index in [0.717, 1.165) is 12.8 Å². The Morgan fingerprint density at radius 2 is 1.93 bits per heavy atom. The van der Waals surface area contributed by atoms with Crippen LogP contribution in [0.4, 0.5) is 0 Å². The van der Waals surface area contributed by atoms with Crippen LogP contribution in [0.25, 0.3) is 0 Å². The third-order valence-electron chi connectivity index (χ3n) is 3.40. The summed E-state index contributed by atoms with van der Waals surface area (Å²) in [6.07, 6.45) is 1.91. The van der Waals surface area contributed by atoms with E-state index in [0.29, 0.717) is 12.3 Å². The van der Waals surface area contributed by atoms with E-state index in [2.05, 4.69) is 20.8 Å². The van der Waals surface area contributed by atoms with Gasteiger partial charge in [0, 0.05) is 0 Å². The van der Waals surface area contributed by atoms with Crippen molar-refractivity contribution in [3.63, 3.8) is 0 Å². The van der Waals surface area contributed by atoms with E-state index < -0.39 is 6.10 Å². The zero-order chi connectivity index (χ0) is 10.9. The Bertz CT molecular complexity index is 220. The molecule has 0 aromatic carbocycles. The van der Waals surface area contributed by atoms with Gasteiger partial charge in [0.05, 0.1) is 12.0 Å². The summed E-state index contributed by atoms with van der Waals surface area (Å²) in [5.74, 6) is -0.206. The number of hydrogen-bond donors (Lipinski definition) is 2. The van der Waals surface area contributed by atoms with Gasteiger partial charge in [0.25, 0.3) is 0 Å². The maximum Gasteiger partial charge on any atom is 0.223 e. The molecule has 0 aliphatic heterocycles. The summed E-state index contributed by atoms with van der Waals surface area (Å²) in [6, 6.07) is 0. The third kappa shape index (κ3) is 2.47. The molecule has 3 N–H and O–H groups in total. The molecule has 0 bridgehead atoms. The highest BCUT2D eigenvalue weighted by Crippen LogP contribution is 2.40. The van der Waals surface area contributed by atoms with Gasteiger partial charge in [-0.3, -0.25) is 4.79 Å². The first-order chi connectivity index (χ1) is 6.32. The van der Waals surface area contributed by atoms with Crippen LogP contribution in [-0.2, 0) is 4.79 Å². The normalized spacial score (nSPS) is 34.1. The van der Waals surface area contributed by atoms with Crippen molar-refractivity contribution in [3.8, 4) is 0 Å². The zero-order valence-electron chi connectivity index (χ0n) is 9.29. The summed E-state index contributed by atoms with van der Waals surface area (Å²) in [5, 5.41) is 9.62. The average Bonchev–Trinajstić information content (AvgIpc) is 2.02. The summed E-state index contributed by atoms with van der Waals surface area (Å²) >= 11 is 0. The highest BCUT2D eigenvalue weighted by Gasteiger charge is 2.37. The Morgan fingerprint density at radius 1 is 1.36 bits per heavy atom. The summed E-state index contributed by atoms with van der Waals surface area (Å²) in [7, 11) is 0. The molecule has 0 aromatic heterocycles. The van der Waals surface area contributed by atoms with Gasteiger partial charge in [-0.2, -0.15) is 0 Å². The second kappa shape index (κ2) is 3.89. The Hall–Kier alpha value is -0.570. The van der Waals surface area contributed by atoms with Gasteiger partial charge in [-0.15, -0.1) is 0 Å². The molecule has 1 amide bonds. The fourth-order valence-electron chi connectivity index (χ4n) is 2.25. The lowest BCUT2D eigenvalue weighted by molar-refractivity contribution is -0.128. The molecule has 0 spiro atoms. The van der Waals surface area contributed by atoms with Crippen LogP contribution in [0.1, 0.15) is 40.0 Å². The summed E-state index contributed by atoms with van der Waals surface area (Å²) in [4.78, 5) is 11.1. The lowest BCUT2D eigenvalue weighted by Crippen LogP contribution is -2.41. The standard InChI is InChI=1S/C11H21NO2/c1-11(2,3)7-4-5-9(13)8(6-7)10(12)14/h7-9,13H,4-6H2,1-3H3,(H2,12,14)/t7-,8-,9+/m0/s1. The summed E-state index contributed by atoms with van der Waals surface area (Å²) < 4.78 is 0. The average molecular weight is 199 g/mol. The van der Waals surface area contributed by atoms with Crippen LogP contribution < -0.4 is 5.73 Å². The lowest BCUT2D eigenvalue weighted by Gasteiger charge is -2.38. The van der Waals surface area contributed by atoms with Gasteiger partial charge in [-0.25, -0.2) is 0 Å². The molecule has 1 aliphatic carbocycles. The number of primary amides is 1. The molecular weight excluding hydrogens is 178 g/mol. The van der Waals surface area contributed by atoms with Gasteiger partial charge in [0.1, 0.15) is 0 Å². The van der Waals surface area contributed by atoms with Gasteiger partial charge in [0.2, 0.25) is 5.91 Å². The Labute approximate surface area is 85.7 Å². The Kier molecular flexibility index (Phi) is 3.20. The molecule has 0 heterocycles. The molecule has 1 rings (SSSR count). The molecule has 0 aromatic rings. The van der Waals surface area contributed by atoms with Crippen molar-refractivity contribution in [1.29, 1.82) is 0 Å². The SMILES string of the molecule is CC(C)(C)[C@H]1CC[C@@H](O)[C@@H](C(N)=O)C1. The van der Waals surface area contributed by atoms with E-state index >= 15 is 0 Å². The minimum Gasteiger partial charge on any atom is -0.392 e. The number of aliphatic hydroxyl groups is 1. The number of rotatable bonds is 1. The fourth-order valence-corrected chi connectivity index (χ4v) is 2.25. The molecule has 82 valence electrons. The maximum atomic E-state index is 11.1. The highest BCUT2D eigenvalue weighted by molar-refractivity contribution is 5.77. The summed E-state index contributed by atoms with van der Waals surface area (Å²) in [5.41, 5.74) is 5.47. The highest BCUT2D eigenvalue weighted by atomic mass is 16.3. The van der Waals surface area contributed by atoms with Crippen molar-refractivity contribution >= 4 is 5.91 Å². The molecular formula is C11H21NO2. The molecule has 3 nitrogen and oxygen atoms in total. The first-order valence-corrected chi connectivity index (χ1v) is 5.29. The van der Waals surface area contributed by atoms with Gasteiger partial charge in [0.15, 0.2) is 0 Å². The lowest BCUT2D eigenvalue weighted by atomic mass is 9.68. The second-order valence-corrected chi connectivity index (χ2v) is 5.45. The van der Waals surface area contributed by atoms with E-state index in [-0.39, 0.29) is 17.2 Å². The number of carbonyl (C=O) groups is 1. The minimum atomic E-state index is -0.522. The van der Waals surface area contributed by atoms with E-state index in [1.165, 1.54) is 0 Å². The number of aliphatic hydroxyl groups excluding tert-OH is 1. The van der Waals surface area contributed by atoms with Crippen molar-refractivity contribution < 1.29 is 9.90 Å². The zero-order valence-corrected chi connectivity index (χ0v) is 9.29. The molecule has 1 aliphatic rings. The van der Waals surface area contributed by atoms with E-state index in [1.54, 1.807) is 0 Å². The van der Waals surface area contributed by atoms with Crippen LogP contribution in [0, 0.1) is 17.3 Å². The van der Waals surface area contributed by atoms with Gasteiger partial charge in [-0.05, 0) is 30.6 Å². The monoisotopic (exact) mass is 199 g/mol. The van der Waals surface area contributed by atoms with Crippen molar-refractivity contribution in [1.82, 2.24) is 0 Å². The smallest absolute Gasteiger partial charge is 0.223 e. The van der Waals surface area contributed by atoms with Crippen molar-refractivity contribution in [2.24, 2.45) is 23.0 Å². The molecule has 0 radical (unpaired) electrons. The molecule has 0 saturated heterocycles. The van der Waals surface area contributed by atoms with Crippen LogP contribution in [-0.4, -0.2) is 17.1 Å². The number of carbonyl (C=O) groups excluding carboxylic acids is 1. The molecule has 14 heavy (non-hydrogen) atoms. The first-order valence-electron chi connectivity index (χ1n) is 5.29. The van der Waals surface area contributed by atoms with Gasteiger partial charge < -0.3 is 10.8 Å². The summed E-state index contributed by atoms with van der Waals surface area (Å²) in [6.45, 7) is 6.52. The fraction of sp³-hybridized carbons (Fsp3) is 0.909. The van der Waals surface area contributed by atoms with Crippen LogP contribution in [0.15, 0.2) is 0 Å². The van der Waals surface area contributed by atoms with E-state index in [4.69, 9.17) is 5.73 Å². The van der Waals surface area contributed by atoms with Gasteiger partial charge in [-0.1, -0.05) is 20.8 Å². The molecule has 1 saturated carbocycles. The van der Waals surface area contributed by atoms with Crippen molar-refractivity contribution in [2.75, 3.05) is 0 Å². The number of nitrogens with two attached hydrogens (primary N) is 1. The number of hydrogen-bond acceptors (Lipinski definition) is 2. The second-order valence-electron chi connectivity index (χ2n) is 5.45. The van der Waals surface area contributed by atoms with E-state index in [9.17, 15) is 9.90 Å². The van der Waals surface area contributed by atoms with Crippen LogP contribution in [0.2, 0.25) is 0 Å². The minimum absolute atomic E-state index is 0.202. The Balaban J connectivity index is 2.67. The molecule has 3 atom stereocenters. The predicted molar refractivity (Wildman–Crippen MR) is 55.5 cm³/mol. The molecule has 0 unspecified atom stereocenters. The Morgan fingerprint density at radius 3 is 2.36 bits per heavy atom. The first kappa shape index (κ1) is 11.5. The van der Waals surface area contributed by atoms with Crippen LogP contribution >= 0.6 is 0 Å². The third-order valence-corrected chi connectivity index (χ3v) is 3.40. The van der Waals surface area contributed by atoms with Gasteiger partial charge >= 0.3 is 0 Å². The molecule has 3 heteroatoms. The quantitative estimate of drug-likeness (QED) is 0.668. The molecule has 1 fully saturated rings. The van der Waals surface area contributed by atoms with Crippen molar-refractivity contribution in [2.45, 2.75) is 46.1 Å².